The molecule has 0 spiro atoms. The molecule has 1 aliphatic heterocycles. The van der Waals surface area contributed by atoms with Crippen molar-refractivity contribution in [3.8, 4) is 0 Å². The highest BCUT2D eigenvalue weighted by Crippen LogP contribution is 2.22. The molecule has 1 aromatic rings. The van der Waals surface area contributed by atoms with Gasteiger partial charge in [0, 0.05) is 36.7 Å². The molecule has 20 heavy (non-hydrogen) atoms. The van der Waals surface area contributed by atoms with Crippen LogP contribution < -0.4 is 5.32 Å². The maximum atomic E-state index is 11.6. The van der Waals surface area contributed by atoms with Gasteiger partial charge in [-0.25, -0.2) is 4.79 Å². The number of hydrogen-bond donors (Lipinski definition) is 1. The van der Waals surface area contributed by atoms with Crippen LogP contribution in [0.4, 0.5) is 0 Å². The number of carbonyl (C=O) groups excluding carboxylic acids is 1. The van der Waals surface area contributed by atoms with Crippen LogP contribution in [0.15, 0.2) is 18.2 Å². The third-order valence-electron chi connectivity index (χ3n) is 4.01. The molecule has 1 heterocycles. The summed E-state index contributed by atoms with van der Waals surface area (Å²) in [6.45, 7) is 7.08. The molecule has 0 radical (unpaired) electrons. The Morgan fingerprint density at radius 1 is 1.50 bits per heavy atom. The fourth-order valence-corrected chi connectivity index (χ4v) is 2.69. The monoisotopic (exact) mass is 296 g/mol. The first-order chi connectivity index (χ1) is 9.52. The molecule has 2 atom stereocenters. The Kier molecular flexibility index (Phi) is 5.02. The van der Waals surface area contributed by atoms with Crippen LogP contribution in [0.3, 0.4) is 0 Å². The summed E-state index contributed by atoms with van der Waals surface area (Å²) in [4.78, 5) is 14.0. The fourth-order valence-electron chi connectivity index (χ4n) is 2.51. The molecular formula is C15H21ClN2O2. The average Bonchev–Trinajstić information content (AvgIpc) is 2.45. The number of esters is 1. The Morgan fingerprint density at radius 3 is 2.95 bits per heavy atom. The van der Waals surface area contributed by atoms with E-state index in [-0.39, 0.29) is 5.97 Å². The van der Waals surface area contributed by atoms with Gasteiger partial charge in [0.25, 0.3) is 0 Å². The molecule has 1 aliphatic rings. The number of benzene rings is 1. The number of hydrogen-bond acceptors (Lipinski definition) is 4. The second kappa shape index (κ2) is 6.57. The van der Waals surface area contributed by atoms with Crippen molar-refractivity contribution in [1.29, 1.82) is 0 Å². The number of carbonyl (C=O) groups is 1. The third-order valence-corrected chi connectivity index (χ3v) is 4.37. The summed E-state index contributed by atoms with van der Waals surface area (Å²) >= 11 is 6.25. The number of rotatable bonds is 3. The first-order valence-corrected chi connectivity index (χ1v) is 7.25. The van der Waals surface area contributed by atoms with E-state index in [9.17, 15) is 4.79 Å². The molecule has 110 valence electrons. The molecule has 2 unspecified atom stereocenters. The number of nitrogens with one attached hydrogen (secondary N) is 1. The molecule has 0 amide bonds. The summed E-state index contributed by atoms with van der Waals surface area (Å²) in [5.74, 6) is -0.329. The van der Waals surface area contributed by atoms with Crippen molar-refractivity contribution in [3.63, 3.8) is 0 Å². The molecule has 1 fully saturated rings. The van der Waals surface area contributed by atoms with Gasteiger partial charge in [0.1, 0.15) is 0 Å². The molecule has 1 N–H and O–H groups in total. The van der Waals surface area contributed by atoms with E-state index in [1.807, 2.05) is 6.07 Å². The number of nitrogens with zero attached hydrogens (tertiary/aromatic N) is 1. The van der Waals surface area contributed by atoms with Crippen molar-refractivity contribution in [3.05, 3.63) is 34.3 Å². The lowest BCUT2D eigenvalue weighted by molar-refractivity contribution is 0.0600. The fraction of sp³-hybridized carbons (Fsp3) is 0.533. The molecule has 1 saturated heterocycles. The zero-order chi connectivity index (χ0) is 14.7. The van der Waals surface area contributed by atoms with E-state index in [1.165, 1.54) is 7.11 Å². The molecular weight excluding hydrogens is 276 g/mol. The number of methoxy groups -OCH3 is 1. The van der Waals surface area contributed by atoms with Crippen molar-refractivity contribution in [2.75, 3.05) is 20.2 Å². The van der Waals surface area contributed by atoms with Crippen LogP contribution in [0.1, 0.15) is 29.8 Å². The quantitative estimate of drug-likeness (QED) is 0.869. The second-order valence-corrected chi connectivity index (χ2v) is 5.66. The number of piperazine rings is 1. The minimum atomic E-state index is -0.329. The predicted octanol–water partition coefficient (Wildman–Crippen LogP) is 2.31. The standard InChI is InChI=1S/C15H21ClN2O2/c1-10-11(2)18(7-6-17-10)9-13-8-12(15(19)20-3)4-5-14(13)16/h4-5,8,10-11,17H,6-7,9H2,1-3H3. The molecule has 5 heteroatoms. The van der Waals surface area contributed by atoms with Crippen molar-refractivity contribution in [2.24, 2.45) is 0 Å². The molecule has 4 nitrogen and oxygen atoms in total. The molecule has 0 aromatic heterocycles. The highest BCUT2D eigenvalue weighted by atomic mass is 35.5. The predicted molar refractivity (Wildman–Crippen MR) is 80.1 cm³/mol. The van der Waals surface area contributed by atoms with Crippen LogP contribution in [0.2, 0.25) is 5.02 Å². The van der Waals surface area contributed by atoms with Gasteiger partial charge < -0.3 is 10.1 Å². The van der Waals surface area contributed by atoms with Gasteiger partial charge >= 0.3 is 5.97 Å². The van der Waals surface area contributed by atoms with Gasteiger partial charge in [0.2, 0.25) is 0 Å². The summed E-state index contributed by atoms with van der Waals surface area (Å²) in [5, 5.41) is 4.14. The minimum absolute atomic E-state index is 0.329. The van der Waals surface area contributed by atoms with Gasteiger partial charge in [-0.2, -0.15) is 0 Å². The van der Waals surface area contributed by atoms with Crippen LogP contribution in [-0.4, -0.2) is 43.2 Å². The molecule has 0 bridgehead atoms. The summed E-state index contributed by atoms with van der Waals surface area (Å²) in [6, 6.07) is 6.17. The summed E-state index contributed by atoms with van der Waals surface area (Å²) in [7, 11) is 1.39. The van der Waals surface area contributed by atoms with Crippen LogP contribution in [-0.2, 0) is 11.3 Å². The Bertz CT molecular complexity index is 493. The summed E-state index contributed by atoms with van der Waals surface area (Å²) in [5.41, 5.74) is 1.51. The lowest BCUT2D eigenvalue weighted by Gasteiger charge is -2.38. The topological polar surface area (TPSA) is 41.6 Å². The van der Waals surface area contributed by atoms with Crippen LogP contribution in [0.5, 0.6) is 0 Å². The first kappa shape index (κ1) is 15.3. The lowest BCUT2D eigenvalue weighted by atomic mass is 10.0. The van der Waals surface area contributed by atoms with Crippen LogP contribution >= 0.6 is 11.6 Å². The molecule has 2 rings (SSSR count). The Balaban J connectivity index is 2.17. The molecule has 1 aromatic carbocycles. The normalized spacial score (nSPS) is 23.6. The van der Waals surface area contributed by atoms with E-state index in [1.54, 1.807) is 12.1 Å². The van der Waals surface area contributed by atoms with Crippen molar-refractivity contribution in [2.45, 2.75) is 32.5 Å². The van der Waals surface area contributed by atoms with Gasteiger partial charge in [-0.15, -0.1) is 0 Å². The van der Waals surface area contributed by atoms with Crippen molar-refractivity contribution in [1.82, 2.24) is 10.2 Å². The lowest BCUT2D eigenvalue weighted by Crippen LogP contribution is -2.54. The van der Waals surface area contributed by atoms with Crippen LogP contribution in [0.25, 0.3) is 0 Å². The van der Waals surface area contributed by atoms with E-state index in [4.69, 9.17) is 16.3 Å². The van der Waals surface area contributed by atoms with Crippen molar-refractivity contribution < 1.29 is 9.53 Å². The maximum Gasteiger partial charge on any atom is 0.337 e. The van der Waals surface area contributed by atoms with Gasteiger partial charge in [-0.05, 0) is 37.6 Å². The number of ether oxygens (including phenoxy) is 1. The molecule has 0 saturated carbocycles. The van der Waals surface area contributed by atoms with Crippen LogP contribution in [0, 0.1) is 0 Å². The minimum Gasteiger partial charge on any atom is -0.465 e. The Morgan fingerprint density at radius 2 is 2.25 bits per heavy atom. The van der Waals surface area contributed by atoms with E-state index < -0.39 is 0 Å². The summed E-state index contributed by atoms with van der Waals surface area (Å²) in [6.07, 6.45) is 0. The van der Waals surface area contributed by atoms with Crippen molar-refractivity contribution >= 4 is 17.6 Å². The SMILES string of the molecule is COC(=O)c1ccc(Cl)c(CN2CCNC(C)C2C)c1. The Labute approximate surface area is 125 Å². The Hall–Kier alpha value is -1.10. The van der Waals surface area contributed by atoms with E-state index in [2.05, 4.69) is 24.1 Å². The van der Waals surface area contributed by atoms with E-state index in [0.717, 1.165) is 25.2 Å². The largest absolute Gasteiger partial charge is 0.465 e. The maximum absolute atomic E-state index is 11.6. The smallest absolute Gasteiger partial charge is 0.337 e. The average molecular weight is 297 g/mol. The van der Waals surface area contributed by atoms with Gasteiger partial charge in [-0.3, -0.25) is 4.90 Å². The van der Waals surface area contributed by atoms with E-state index >= 15 is 0 Å². The molecule has 0 aliphatic carbocycles. The zero-order valence-corrected chi connectivity index (χ0v) is 12.9. The number of halogens is 1. The highest BCUT2D eigenvalue weighted by molar-refractivity contribution is 6.31. The first-order valence-electron chi connectivity index (χ1n) is 6.87. The third kappa shape index (κ3) is 3.32. The van der Waals surface area contributed by atoms with Gasteiger partial charge in [0.05, 0.1) is 12.7 Å². The zero-order valence-electron chi connectivity index (χ0n) is 12.1. The van der Waals surface area contributed by atoms with E-state index in [0.29, 0.717) is 22.7 Å². The second-order valence-electron chi connectivity index (χ2n) is 5.25. The summed E-state index contributed by atoms with van der Waals surface area (Å²) < 4.78 is 4.75. The highest BCUT2D eigenvalue weighted by Gasteiger charge is 2.24. The van der Waals surface area contributed by atoms with Gasteiger partial charge in [0.15, 0.2) is 0 Å². The van der Waals surface area contributed by atoms with Gasteiger partial charge in [-0.1, -0.05) is 11.6 Å².